The Hall–Kier alpha value is -2.04. The third kappa shape index (κ3) is 2.24. The highest BCUT2D eigenvalue weighted by Crippen LogP contribution is 2.29. The fraction of sp³-hybridized carbons (Fsp3) is 0.467. The number of aromatic nitrogens is 2. The van der Waals surface area contributed by atoms with Gasteiger partial charge < -0.3 is 4.90 Å². The molecule has 0 unspecified atom stereocenters. The van der Waals surface area contributed by atoms with Gasteiger partial charge in [0.1, 0.15) is 10.7 Å². The topological polar surface area (TPSA) is 47.2 Å². The van der Waals surface area contributed by atoms with Crippen molar-refractivity contribution in [3.8, 4) is 0 Å². The summed E-state index contributed by atoms with van der Waals surface area (Å²) < 4.78 is 2.88. The van der Waals surface area contributed by atoms with Crippen LogP contribution in [0.15, 0.2) is 21.4 Å². The fourth-order valence-electron chi connectivity index (χ4n) is 2.65. The first-order valence-corrected chi connectivity index (χ1v) is 6.70. The van der Waals surface area contributed by atoms with Gasteiger partial charge in [0, 0.05) is 34.4 Å². The number of allylic oxidation sites excluding steroid dienone is 1. The first-order chi connectivity index (χ1) is 9.34. The van der Waals surface area contributed by atoms with E-state index in [1.165, 1.54) is 9.13 Å². The van der Waals surface area contributed by atoms with Crippen LogP contribution in [-0.2, 0) is 14.1 Å². The molecule has 1 fully saturated rings. The molecular weight excluding hydrogens is 254 g/mol. The van der Waals surface area contributed by atoms with Gasteiger partial charge in [-0.25, -0.2) is 0 Å². The minimum Gasteiger partial charge on any atom is -0.383 e. The van der Waals surface area contributed by atoms with E-state index in [9.17, 15) is 9.59 Å². The highest BCUT2D eigenvalue weighted by molar-refractivity contribution is 5.65. The molecule has 0 bridgehead atoms. The van der Waals surface area contributed by atoms with Gasteiger partial charge in [-0.2, -0.15) is 0 Å². The average Bonchev–Trinajstić information content (AvgIpc) is 2.82. The fourth-order valence-corrected chi connectivity index (χ4v) is 2.65. The summed E-state index contributed by atoms with van der Waals surface area (Å²) >= 11 is 0. The summed E-state index contributed by atoms with van der Waals surface area (Å²) in [6, 6.07) is 0. The van der Waals surface area contributed by atoms with Gasteiger partial charge in [0.05, 0.1) is 0 Å². The summed E-state index contributed by atoms with van der Waals surface area (Å²) in [7, 11) is 7.19. The van der Waals surface area contributed by atoms with E-state index >= 15 is 0 Å². The van der Waals surface area contributed by atoms with Gasteiger partial charge >= 0.3 is 0 Å². The van der Waals surface area contributed by atoms with Gasteiger partial charge in [0.2, 0.25) is 0 Å². The maximum atomic E-state index is 12.4. The lowest BCUT2D eigenvalue weighted by Crippen LogP contribution is -2.57. The van der Waals surface area contributed by atoms with Gasteiger partial charge in [-0.15, -0.1) is 0 Å². The summed E-state index contributed by atoms with van der Waals surface area (Å²) in [5, 5.41) is 0.299. The third-order valence-corrected chi connectivity index (χ3v) is 3.79. The van der Waals surface area contributed by atoms with Crippen LogP contribution in [0.2, 0.25) is 0 Å². The Balaban J connectivity index is 2.95. The zero-order valence-corrected chi connectivity index (χ0v) is 12.6. The van der Waals surface area contributed by atoms with Gasteiger partial charge in [-0.05, 0) is 30.4 Å². The minimum atomic E-state index is -0.250. The monoisotopic (exact) mass is 275 g/mol. The molecule has 5 nitrogen and oxygen atoms in total. The second-order valence-electron chi connectivity index (χ2n) is 5.47. The van der Waals surface area contributed by atoms with Crippen LogP contribution in [0, 0.1) is 0 Å². The maximum absolute atomic E-state index is 12.4. The molecule has 0 saturated heterocycles. The zero-order valence-electron chi connectivity index (χ0n) is 12.6. The predicted octanol–water partition coefficient (Wildman–Crippen LogP) is -0.726. The lowest BCUT2D eigenvalue weighted by atomic mass is 10.1. The molecule has 0 amide bonds. The quantitative estimate of drug-likeness (QED) is 0.679. The highest BCUT2D eigenvalue weighted by atomic mass is 16.1. The van der Waals surface area contributed by atoms with Gasteiger partial charge in [-0.3, -0.25) is 18.7 Å². The highest BCUT2D eigenvalue weighted by Gasteiger charge is 2.18. The van der Waals surface area contributed by atoms with E-state index in [4.69, 9.17) is 0 Å². The molecule has 108 valence electrons. The smallest absolute Gasteiger partial charge is 0.265 e. The molecular formula is C15H21N3O2. The summed E-state index contributed by atoms with van der Waals surface area (Å²) in [4.78, 5) is 26.8. The molecule has 0 aromatic carbocycles. The Morgan fingerprint density at radius 2 is 1.65 bits per heavy atom. The van der Waals surface area contributed by atoms with E-state index < -0.39 is 0 Å². The van der Waals surface area contributed by atoms with E-state index in [1.54, 1.807) is 14.1 Å². The van der Waals surface area contributed by atoms with Gasteiger partial charge in [-0.1, -0.05) is 6.58 Å². The number of hydrogen-bond donors (Lipinski definition) is 0. The van der Waals surface area contributed by atoms with E-state index in [-0.39, 0.29) is 11.1 Å². The number of rotatable bonds is 1. The number of hydrogen-bond acceptors (Lipinski definition) is 3. The second kappa shape index (κ2) is 5.15. The van der Waals surface area contributed by atoms with Gasteiger partial charge in [0.25, 0.3) is 11.1 Å². The zero-order chi connectivity index (χ0) is 15.0. The molecule has 0 atom stereocenters. The van der Waals surface area contributed by atoms with Crippen molar-refractivity contribution >= 4 is 12.2 Å². The Bertz CT molecular complexity index is 751. The molecule has 20 heavy (non-hydrogen) atoms. The Morgan fingerprint density at radius 3 is 2.15 bits per heavy atom. The van der Waals surface area contributed by atoms with Crippen LogP contribution in [-0.4, -0.2) is 28.1 Å². The maximum Gasteiger partial charge on any atom is 0.265 e. The van der Waals surface area contributed by atoms with Crippen molar-refractivity contribution < 1.29 is 0 Å². The Kier molecular flexibility index (Phi) is 3.70. The van der Waals surface area contributed by atoms with Crippen LogP contribution in [0.3, 0.4) is 0 Å². The van der Waals surface area contributed by atoms with Crippen LogP contribution in [0.1, 0.15) is 19.3 Å². The Morgan fingerprint density at radius 1 is 1.10 bits per heavy atom. The van der Waals surface area contributed by atoms with Crippen LogP contribution in [0.5, 0.6) is 0 Å². The van der Waals surface area contributed by atoms with Crippen molar-refractivity contribution in [3.63, 3.8) is 0 Å². The number of nitrogens with zero attached hydrogens (tertiary/aromatic N) is 3. The first kappa shape index (κ1) is 14.4. The van der Waals surface area contributed by atoms with Crippen molar-refractivity contribution in [2.75, 3.05) is 14.1 Å². The molecule has 5 heteroatoms. The van der Waals surface area contributed by atoms with E-state index in [1.807, 2.05) is 25.2 Å². The van der Waals surface area contributed by atoms with Crippen LogP contribution in [0.25, 0.3) is 12.2 Å². The lowest BCUT2D eigenvalue weighted by molar-refractivity contribution is 0.558. The van der Waals surface area contributed by atoms with Crippen molar-refractivity contribution in [2.24, 2.45) is 14.1 Å². The molecule has 2 rings (SSSR count). The molecule has 1 aliphatic carbocycles. The first-order valence-electron chi connectivity index (χ1n) is 6.70. The van der Waals surface area contributed by atoms with Crippen molar-refractivity contribution in [1.29, 1.82) is 0 Å². The van der Waals surface area contributed by atoms with E-state index in [0.29, 0.717) is 10.7 Å². The van der Waals surface area contributed by atoms with Gasteiger partial charge in [0.15, 0.2) is 0 Å². The van der Waals surface area contributed by atoms with E-state index in [2.05, 4.69) is 6.58 Å². The van der Waals surface area contributed by atoms with Crippen molar-refractivity contribution in [3.05, 3.63) is 43.2 Å². The SMILES string of the molecule is C=c1n(C)c(=O)c(=C2CCC/C2=C\N(C)C)c(=O)n1C. The summed E-state index contributed by atoms with van der Waals surface area (Å²) in [5.41, 5.74) is 1.89. The predicted molar refractivity (Wildman–Crippen MR) is 80.7 cm³/mol. The summed E-state index contributed by atoms with van der Waals surface area (Å²) in [6.07, 6.45) is 4.67. The lowest BCUT2D eigenvalue weighted by Gasteiger charge is -2.09. The minimum absolute atomic E-state index is 0.250. The molecule has 0 N–H and O–H groups in total. The second-order valence-corrected chi connectivity index (χ2v) is 5.47. The van der Waals surface area contributed by atoms with Crippen LogP contribution >= 0.6 is 0 Å². The standard InChI is InChI=1S/C15H21N3O2/c1-10-17(4)14(19)13(15(20)18(10)5)12-8-6-7-11(12)9-16(2)3/h9H,1,6-8H2,2-5H3/b11-9+. The van der Waals surface area contributed by atoms with Crippen LogP contribution < -0.4 is 21.8 Å². The van der Waals surface area contributed by atoms with Crippen molar-refractivity contribution in [1.82, 2.24) is 14.0 Å². The molecule has 1 aromatic heterocycles. The van der Waals surface area contributed by atoms with E-state index in [0.717, 1.165) is 30.4 Å². The molecule has 0 radical (unpaired) electrons. The third-order valence-electron chi connectivity index (χ3n) is 3.79. The molecule has 0 spiro atoms. The average molecular weight is 275 g/mol. The molecule has 1 saturated carbocycles. The molecule has 1 aliphatic rings. The van der Waals surface area contributed by atoms with Crippen LogP contribution in [0.4, 0.5) is 0 Å². The van der Waals surface area contributed by atoms with Crippen molar-refractivity contribution in [2.45, 2.75) is 19.3 Å². The normalized spacial score (nSPS) is 17.0. The summed E-state index contributed by atoms with van der Waals surface area (Å²) in [6.45, 7) is 3.77. The largest absolute Gasteiger partial charge is 0.383 e. The molecule has 1 heterocycles. The molecule has 1 aromatic rings. The Labute approximate surface area is 117 Å². The summed E-state index contributed by atoms with van der Waals surface area (Å²) in [5.74, 6) is 0. The molecule has 0 aliphatic heterocycles.